The molecule has 1 aliphatic carbocycles. The summed E-state index contributed by atoms with van der Waals surface area (Å²) in [7, 11) is 0. The van der Waals surface area contributed by atoms with E-state index < -0.39 is 0 Å². The normalized spacial score (nSPS) is 13.5. The van der Waals surface area contributed by atoms with Gasteiger partial charge in [-0.2, -0.15) is 0 Å². The Labute approximate surface area is 289 Å². The van der Waals surface area contributed by atoms with Gasteiger partial charge in [-0.15, -0.1) is 11.3 Å². The largest absolute Gasteiger partial charge is 0.309 e. The minimum Gasteiger partial charge on any atom is -0.309 e. The van der Waals surface area contributed by atoms with Gasteiger partial charge in [-0.3, -0.25) is 0 Å². The van der Waals surface area contributed by atoms with Crippen LogP contribution in [0.15, 0.2) is 152 Å². The minimum atomic E-state index is 0.748. The number of benzene rings is 5. The van der Waals surface area contributed by atoms with Gasteiger partial charge in [-0.05, 0) is 78.4 Å². The molecule has 0 saturated carbocycles. The fourth-order valence-corrected chi connectivity index (χ4v) is 8.35. The first-order valence-corrected chi connectivity index (χ1v) is 17.6. The molecule has 234 valence electrons. The second kappa shape index (κ2) is 12.0. The van der Waals surface area contributed by atoms with E-state index in [4.69, 9.17) is 9.97 Å². The summed E-state index contributed by atoms with van der Waals surface area (Å²) in [5.41, 5.74) is 12.4. The summed E-state index contributed by atoms with van der Waals surface area (Å²) >= 11 is 1.78. The smallest absolute Gasteiger partial charge is 0.160 e. The molecule has 0 unspecified atom stereocenters. The summed E-state index contributed by atoms with van der Waals surface area (Å²) in [4.78, 5) is 10.5. The summed E-state index contributed by atoms with van der Waals surface area (Å²) < 4.78 is 4.79. The van der Waals surface area contributed by atoms with E-state index in [1.807, 2.05) is 6.08 Å². The molecule has 3 heterocycles. The van der Waals surface area contributed by atoms with Crippen molar-refractivity contribution in [2.45, 2.75) is 19.8 Å². The summed E-state index contributed by atoms with van der Waals surface area (Å²) in [5, 5.41) is 3.62. The number of thiophene rings is 1. The highest BCUT2D eigenvalue weighted by Gasteiger charge is 2.20. The van der Waals surface area contributed by atoms with Crippen molar-refractivity contribution in [2.24, 2.45) is 0 Å². The molecule has 0 radical (unpaired) electrons. The third-order valence-electron chi connectivity index (χ3n) is 9.54. The van der Waals surface area contributed by atoms with Gasteiger partial charge < -0.3 is 4.57 Å². The zero-order valence-electron chi connectivity index (χ0n) is 27.2. The van der Waals surface area contributed by atoms with Gasteiger partial charge in [-0.25, -0.2) is 9.97 Å². The molecule has 0 N–H and O–H groups in total. The number of nitrogens with zero attached hydrogens (tertiary/aromatic N) is 3. The Balaban J connectivity index is 1.28. The van der Waals surface area contributed by atoms with Gasteiger partial charge in [0.2, 0.25) is 0 Å². The molecular formula is C45H33N3S. The first-order valence-electron chi connectivity index (χ1n) is 16.8. The maximum absolute atomic E-state index is 5.29. The molecule has 0 aliphatic heterocycles. The predicted molar refractivity (Wildman–Crippen MR) is 210 cm³/mol. The van der Waals surface area contributed by atoms with E-state index >= 15 is 0 Å². The molecule has 0 atom stereocenters. The number of hydrogen-bond donors (Lipinski definition) is 0. The number of hydrogen-bond acceptors (Lipinski definition) is 3. The van der Waals surface area contributed by atoms with Crippen molar-refractivity contribution in [2.75, 3.05) is 0 Å². The Morgan fingerprint density at radius 2 is 1.59 bits per heavy atom. The van der Waals surface area contributed by atoms with Gasteiger partial charge in [0.05, 0.1) is 26.9 Å². The van der Waals surface area contributed by atoms with Crippen molar-refractivity contribution < 1.29 is 0 Å². The second-order valence-electron chi connectivity index (χ2n) is 12.6. The van der Waals surface area contributed by atoms with Crippen LogP contribution in [-0.2, 0) is 0 Å². The van der Waals surface area contributed by atoms with E-state index in [1.165, 1.54) is 54.2 Å². The molecule has 49 heavy (non-hydrogen) atoms. The van der Waals surface area contributed by atoms with E-state index in [2.05, 4.69) is 158 Å². The van der Waals surface area contributed by atoms with E-state index in [0.29, 0.717) is 0 Å². The quantitative estimate of drug-likeness (QED) is 0.168. The van der Waals surface area contributed by atoms with E-state index in [0.717, 1.165) is 51.4 Å². The van der Waals surface area contributed by atoms with E-state index in [-0.39, 0.29) is 0 Å². The highest BCUT2D eigenvalue weighted by atomic mass is 32.1. The van der Waals surface area contributed by atoms with Crippen LogP contribution >= 0.6 is 11.3 Å². The molecule has 0 bridgehead atoms. The predicted octanol–water partition coefficient (Wildman–Crippen LogP) is 12.6. The highest BCUT2D eigenvalue weighted by molar-refractivity contribution is 7.26. The molecule has 0 spiro atoms. The van der Waals surface area contributed by atoms with Crippen molar-refractivity contribution in [3.63, 3.8) is 0 Å². The third-order valence-corrected chi connectivity index (χ3v) is 10.7. The van der Waals surface area contributed by atoms with Crippen molar-refractivity contribution in [1.29, 1.82) is 0 Å². The van der Waals surface area contributed by atoms with Crippen LogP contribution in [0.4, 0.5) is 0 Å². The zero-order chi connectivity index (χ0) is 32.9. The molecule has 5 aromatic carbocycles. The lowest BCUT2D eigenvalue weighted by molar-refractivity contribution is 1.04. The second-order valence-corrected chi connectivity index (χ2v) is 13.6. The molecule has 1 aliphatic rings. The Kier molecular flexibility index (Phi) is 7.18. The molecule has 9 rings (SSSR count). The van der Waals surface area contributed by atoms with Crippen LogP contribution < -0.4 is 0 Å². The summed E-state index contributed by atoms with van der Waals surface area (Å²) in [5.74, 6) is 0.748. The molecule has 0 saturated heterocycles. The number of para-hydroxylation sites is 2. The fraction of sp³-hybridized carbons (Fsp3) is 0.0667. The Bertz CT molecular complexity index is 2680. The van der Waals surface area contributed by atoms with Gasteiger partial charge in [0, 0.05) is 37.7 Å². The fourth-order valence-electron chi connectivity index (χ4n) is 7.20. The van der Waals surface area contributed by atoms with Crippen LogP contribution in [0.3, 0.4) is 0 Å². The summed E-state index contributed by atoms with van der Waals surface area (Å²) in [6, 6.07) is 41.4. The van der Waals surface area contributed by atoms with Crippen molar-refractivity contribution in [3.05, 3.63) is 163 Å². The van der Waals surface area contributed by atoms with Gasteiger partial charge in [0.15, 0.2) is 5.82 Å². The van der Waals surface area contributed by atoms with E-state index in [9.17, 15) is 0 Å². The summed E-state index contributed by atoms with van der Waals surface area (Å²) in [6.07, 6.45) is 12.8. The standard InChI is InChI=1S/C45H33N3S/c1-3-14-29(2)31-25-26-39-38(28-31)36-23-13-22-35(43(36)48(39)34-19-8-5-9-20-34)32-17-12-18-33(27-32)45-46-41(30-15-6-4-7-16-30)44-42(47-45)37-21-10-11-24-40(37)49-44/h3,5-6,8-28H,1,4,7H2,2H3. The Morgan fingerprint density at radius 3 is 2.45 bits per heavy atom. The number of fused-ring (bicyclic) bond motifs is 6. The number of rotatable bonds is 6. The number of aromatic nitrogens is 3. The first kappa shape index (κ1) is 29.3. The van der Waals surface area contributed by atoms with Crippen molar-refractivity contribution in [1.82, 2.24) is 14.5 Å². The van der Waals surface area contributed by atoms with Gasteiger partial charge in [-0.1, -0.05) is 116 Å². The Morgan fingerprint density at radius 1 is 0.776 bits per heavy atom. The van der Waals surface area contributed by atoms with Crippen LogP contribution in [-0.4, -0.2) is 14.5 Å². The maximum Gasteiger partial charge on any atom is 0.160 e. The summed E-state index contributed by atoms with van der Waals surface area (Å²) in [6.45, 7) is 6.06. The molecule has 0 amide bonds. The SMILES string of the molecule is C=CC=C(C)c1ccc2c(c1)c1cccc(-c3cccc(-c4nc(C5=CCCC=C5)c5sc6ccccc6c5n4)c3)c1n2-c1ccccc1. The van der Waals surface area contributed by atoms with Crippen LogP contribution in [0.5, 0.6) is 0 Å². The molecular weight excluding hydrogens is 615 g/mol. The third kappa shape index (κ3) is 4.95. The van der Waals surface area contributed by atoms with Crippen LogP contribution in [0, 0.1) is 0 Å². The lowest BCUT2D eigenvalue weighted by atomic mass is 9.98. The molecule has 0 fully saturated rings. The average molecular weight is 648 g/mol. The first-order chi connectivity index (χ1) is 24.2. The van der Waals surface area contributed by atoms with Crippen molar-refractivity contribution in [3.8, 4) is 28.2 Å². The molecule has 4 heteroatoms. The molecule has 3 nitrogen and oxygen atoms in total. The average Bonchev–Trinajstić information content (AvgIpc) is 3.71. The topological polar surface area (TPSA) is 30.7 Å². The Hall–Kier alpha value is -5.84. The highest BCUT2D eigenvalue weighted by Crippen LogP contribution is 2.41. The van der Waals surface area contributed by atoms with Gasteiger partial charge in [0.25, 0.3) is 0 Å². The monoisotopic (exact) mass is 647 g/mol. The number of allylic oxidation sites excluding steroid dienone is 7. The molecule has 3 aromatic heterocycles. The van der Waals surface area contributed by atoms with Gasteiger partial charge in [0.1, 0.15) is 0 Å². The van der Waals surface area contributed by atoms with Crippen LogP contribution in [0.25, 0.3) is 81.5 Å². The van der Waals surface area contributed by atoms with E-state index in [1.54, 1.807) is 11.3 Å². The van der Waals surface area contributed by atoms with Gasteiger partial charge >= 0.3 is 0 Å². The van der Waals surface area contributed by atoms with Crippen LogP contribution in [0.1, 0.15) is 31.0 Å². The lowest BCUT2D eigenvalue weighted by Crippen LogP contribution is -1.98. The minimum absolute atomic E-state index is 0.748. The van der Waals surface area contributed by atoms with Crippen molar-refractivity contribution >= 4 is 64.6 Å². The maximum atomic E-state index is 5.29. The van der Waals surface area contributed by atoms with Crippen LogP contribution in [0.2, 0.25) is 0 Å². The molecule has 8 aromatic rings. The zero-order valence-corrected chi connectivity index (χ0v) is 28.0. The lowest BCUT2D eigenvalue weighted by Gasteiger charge is -2.13.